The second-order valence-electron chi connectivity index (χ2n) is 10.1. The van der Waals surface area contributed by atoms with Gasteiger partial charge in [-0.25, -0.2) is 9.18 Å². The maximum Gasteiger partial charge on any atom is 0.321 e. The van der Waals surface area contributed by atoms with Gasteiger partial charge < -0.3 is 25.8 Å². The highest BCUT2D eigenvalue weighted by Crippen LogP contribution is 2.31. The fraction of sp³-hybridized carbons (Fsp3) is 0.429. The van der Waals surface area contributed by atoms with Gasteiger partial charge in [-0.05, 0) is 73.6 Å². The molecule has 0 aliphatic carbocycles. The molecule has 0 atom stereocenters. The van der Waals surface area contributed by atoms with Crippen molar-refractivity contribution >= 4 is 40.8 Å². The van der Waals surface area contributed by atoms with Crippen molar-refractivity contribution in [2.75, 3.05) is 41.7 Å². The number of nitrogens with zero attached hydrogens (tertiary/aromatic N) is 2. The van der Waals surface area contributed by atoms with Crippen LogP contribution >= 0.6 is 0 Å². The van der Waals surface area contributed by atoms with Crippen LogP contribution in [0.5, 0.6) is 0 Å². The third-order valence-corrected chi connectivity index (χ3v) is 6.98. The van der Waals surface area contributed by atoms with Crippen molar-refractivity contribution in [2.45, 2.75) is 39.5 Å². The van der Waals surface area contributed by atoms with Gasteiger partial charge in [0.25, 0.3) is 0 Å². The molecular weight excluding hydrogens is 489 g/mol. The smallest absolute Gasteiger partial charge is 0.321 e. The monoisotopic (exact) mass is 523 g/mol. The number of urea groups is 1. The zero-order valence-corrected chi connectivity index (χ0v) is 21.8. The van der Waals surface area contributed by atoms with Crippen LogP contribution in [0.15, 0.2) is 42.5 Å². The molecule has 0 saturated carbocycles. The van der Waals surface area contributed by atoms with Gasteiger partial charge in [-0.15, -0.1) is 0 Å². The number of aryl methyl sites for hydroxylation is 1. The summed E-state index contributed by atoms with van der Waals surface area (Å²) in [5.41, 5.74) is 2.82. The molecule has 38 heavy (non-hydrogen) atoms. The predicted octanol–water partition coefficient (Wildman–Crippen LogP) is 3.76. The van der Waals surface area contributed by atoms with Crippen LogP contribution in [0.3, 0.4) is 0 Å². The quantitative estimate of drug-likeness (QED) is 0.518. The second kappa shape index (κ2) is 12.1. The summed E-state index contributed by atoms with van der Waals surface area (Å²) in [6, 6.07) is 10.7. The average molecular weight is 524 g/mol. The minimum atomic E-state index is -0.765. The SMILES string of the molecule is CC(C)C(=O)N1CCCc2ccc(NC(=O)C(=O)NCC3CCN(C(=O)Nc4ccc(F)cc4)CC3)cc21. The van der Waals surface area contributed by atoms with Crippen LogP contribution in [0.2, 0.25) is 0 Å². The van der Waals surface area contributed by atoms with Crippen molar-refractivity contribution in [1.29, 1.82) is 0 Å². The van der Waals surface area contributed by atoms with Crippen LogP contribution in [-0.4, -0.2) is 54.8 Å². The summed E-state index contributed by atoms with van der Waals surface area (Å²) >= 11 is 0. The lowest BCUT2D eigenvalue weighted by atomic mass is 9.97. The van der Waals surface area contributed by atoms with E-state index in [0.29, 0.717) is 50.4 Å². The van der Waals surface area contributed by atoms with E-state index in [0.717, 1.165) is 24.1 Å². The number of halogens is 1. The third kappa shape index (κ3) is 6.67. The van der Waals surface area contributed by atoms with E-state index in [9.17, 15) is 23.6 Å². The molecule has 5 amide bonds. The number of fused-ring (bicyclic) bond motifs is 1. The molecule has 0 aromatic heterocycles. The number of likely N-dealkylation sites (tertiary alicyclic amines) is 1. The van der Waals surface area contributed by atoms with Crippen LogP contribution in [0.4, 0.5) is 26.2 Å². The summed E-state index contributed by atoms with van der Waals surface area (Å²) < 4.78 is 13.0. The number of amides is 5. The van der Waals surface area contributed by atoms with E-state index in [1.54, 1.807) is 21.9 Å². The number of benzene rings is 2. The molecule has 0 unspecified atom stereocenters. The molecule has 1 saturated heterocycles. The molecule has 2 aromatic carbocycles. The molecule has 1 fully saturated rings. The molecule has 3 N–H and O–H groups in total. The fourth-order valence-corrected chi connectivity index (χ4v) is 4.77. The van der Waals surface area contributed by atoms with Crippen molar-refractivity contribution < 1.29 is 23.6 Å². The lowest BCUT2D eigenvalue weighted by molar-refractivity contribution is -0.136. The summed E-state index contributed by atoms with van der Waals surface area (Å²) in [6.07, 6.45) is 3.11. The molecule has 10 heteroatoms. The maximum absolute atomic E-state index is 13.0. The molecule has 4 rings (SSSR count). The molecular formula is C28H34FN5O4. The van der Waals surface area contributed by atoms with E-state index >= 15 is 0 Å². The normalized spacial score (nSPS) is 15.6. The van der Waals surface area contributed by atoms with Crippen molar-refractivity contribution in [3.63, 3.8) is 0 Å². The van der Waals surface area contributed by atoms with Gasteiger partial charge in [0.15, 0.2) is 0 Å². The highest BCUT2D eigenvalue weighted by atomic mass is 19.1. The Labute approximate surface area is 221 Å². The zero-order chi connectivity index (χ0) is 27.2. The molecule has 2 aromatic rings. The van der Waals surface area contributed by atoms with Crippen molar-refractivity contribution in [3.05, 3.63) is 53.8 Å². The zero-order valence-electron chi connectivity index (χ0n) is 21.8. The van der Waals surface area contributed by atoms with Gasteiger partial charge in [-0.1, -0.05) is 19.9 Å². The first-order valence-electron chi connectivity index (χ1n) is 13.1. The number of hydrogen-bond donors (Lipinski definition) is 3. The van der Waals surface area contributed by atoms with E-state index in [1.165, 1.54) is 24.3 Å². The van der Waals surface area contributed by atoms with Crippen LogP contribution < -0.4 is 20.9 Å². The Morgan fingerprint density at radius 1 is 0.921 bits per heavy atom. The van der Waals surface area contributed by atoms with Gasteiger partial charge in [0.05, 0.1) is 0 Å². The Balaban J connectivity index is 1.23. The van der Waals surface area contributed by atoms with Gasteiger partial charge in [0, 0.05) is 49.2 Å². The lowest BCUT2D eigenvalue weighted by Gasteiger charge is -2.32. The molecule has 9 nitrogen and oxygen atoms in total. The van der Waals surface area contributed by atoms with Gasteiger partial charge in [0.1, 0.15) is 5.82 Å². The molecule has 0 bridgehead atoms. The highest BCUT2D eigenvalue weighted by molar-refractivity contribution is 6.39. The van der Waals surface area contributed by atoms with Crippen LogP contribution in [0.1, 0.15) is 38.7 Å². The van der Waals surface area contributed by atoms with E-state index in [-0.39, 0.29) is 29.6 Å². The number of carbonyl (C=O) groups excluding carboxylic acids is 4. The van der Waals surface area contributed by atoms with E-state index < -0.39 is 11.8 Å². The Kier molecular flexibility index (Phi) is 8.60. The Bertz CT molecular complexity index is 1190. The third-order valence-electron chi connectivity index (χ3n) is 6.98. The van der Waals surface area contributed by atoms with Gasteiger partial charge in [-0.3, -0.25) is 14.4 Å². The second-order valence-corrected chi connectivity index (χ2v) is 10.1. The number of anilines is 3. The molecule has 0 spiro atoms. The average Bonchev–Trinajstić information content (AvgIpc) is 2.92. The van der Waals surface area contributed by atoms with E-state index in [4.69, 9.17) is 0 Å². The molecule has 0 radical (unpaired) electrons. The van der Waals surface area contributed by atoms with Gasteiger partial charge >= 0.3 is 17.8 Å². The van der Waals surface area contributed by atoms with Crippen molar-refractivity contribution in [2.24, 2.45) is 11.8 Å². The lowest BCUT2D eigenvalue weighted by Crippen LogP contribution is -2.44. The molecule has 2 aliphatic rings. The molecule has 2 aliphatic heterocycles. The summed E-state index contributed by atoms with van der Waals surface area (Å²) in [5, 5.41) is 8.09. The Morgan fingerprint density at radius 3 is 2.29 bits per heavy atom. The maximum atomic E-state index is 13.0. The first kappa shape index (κ1) is 27.1. The van der Waals surface area contributed by atoms with Gasteiger partial charge in [-0.2, -0.15) is 0 Å². The minimum absolute atomic E-state index is 0.0335. The topological polar surface area (TPSA) is 111 Å². The summed E-state index contributed by atoms with van der Waals surface area (Å²) in [4.78, 5) is 53.5. The number of hydrogen-bond acceptors (Lipinski definition) is 4. The molecule has 2 heterocycles. The Hall–Kier alpha value is -3.95. The first-order chi connectivity index (χ1) is 18.2. The van der Waals surface area contributed by atoms with Crippen LogP contribution in [0.25, 0.3) is 0 Å². The number of rotatable bonds is 5. The van der Waals surface area contributed by atoms with E-state index in [1.807, 2.05) is 19.9 Å². The first-order valence-corrected chi connectivity index (χ1v) is 13.1. The van der Waals surface area contributed by atoms with Crippen LogP contribution in [0, 0.1) is 17.7 Å². The van der Waals surface area contributed by atoms with Crippen molar-refractivity contribution in [1.82, 2.24) is 10.2 Å². The summed E-state index contributed by atoms with van der Waals surface area (Å²) in [6.45, 7) is 5.72. The minimum Gasteiger partial charge on any atom is -0.348 e. The van der Waals surface area contributed by atoms with Crippen LogP contribution in [-0.2, 0) is 20.8 Å². The summed E-state index contributed by atoms with van der Waals surface area (Å²) in [7, 11) is 0. The number of carbonyl (C=O) groups is 4. The predicted molar refractivity (Wildman–Crippen MR) is 143 cm³/mol. The Morgan fingerprint density at radius 2 is 1.61 bits per heavy atom. The highest BCUT2D eigenvalue weighted by Gasteiger charge is 2.26. The van der Waals surface area contributed by atoms with Gasteiger partial charge in [0.2, 0.25) is 5.91 Å². The number of nitrogens with one attached hydrogen (secondary N) is 3. The molecule has 202 valence electrons. The number of piperidine rings is 1. The van der Waals surface area contributed by atoms with E-state index in [2.05, 4.69) is 16.0 Å². The van der Waals surface area contributed by atoms with Crippen molar-refractivity contribution in [3.8, 4) is 0 Å². The standard InChI is InChI=1S/C28H34FN5O4/c1-18(2)27(37)34-13-3-4-20-5-8-23(16-24(20)34)31-26(36)25(35)30-17-19-11-14-33(15-12-19)28(38)32-22-9-6-21(29)7-10-22/h5-10,16,18-19H,3-4,11-15,17H2,1-2H3,(H,30,35)(H,31,36)(H,32,38). The summed E-state index contributed by atoms with van der Waals surface area (Å²) in [5.74, 6) is -1.83. The largest absolute Gasteiger partial charge is 0.348 e. The fourth-order valence-electron chi connectivity index (χ4n) is 4.77.